The molecule has 3 rings (SSSR count). The molecule has 2 fully saturated rings. The van der Waals surface area contributed by atoms with E-state index in [4.69, 9.17) is 0 Å². The molecule has 0 radical (unpaired) electrons. The Morgan fingerprint density at radius 1 is 1.17 bits per heavy atom. The van der Waals surface area contributed by atoms with E-state index in [0.29, 0.717) is 6.54 Å². The zero-order valence-corrected chi connectivity index (χ0v) is 16.0. The number of rotatable bonds is 6. The SMILES string of the molecule is Cc1cccc(CN2CCN(C(=O)CNCC3CC3)CC2)c1.Cl.Cl. The lowest BCUT2D eigenvalue weighted by atomic mass is 10.1. The average Bonchev–Trinajstić information content (AvgIpc) is 3.32. The van der Waals surface area contributed by atoms with Crippen LogP contribution >= 0.6 is 24.8 Å². The predicted octanol–water partition coefficient (Wildman–Crippen LogP) is 2.48. The molecule has 136 valence electrons. The summed E-state index contributed by atoms with van der Waals surface area (Å²) < 4.78 is 0. The molecule has 1 saturated heterocycles. The fraction of sp³-hybridized carbons (Fsp3) is 0.611. The van der Waals surface area contributed by atoms with Gasteiger partial charge in [0.2, 0.25) is 5.91 Å². The van der Waals surface area contributed by atoms with Gasteiger partial charge in [-0.15, -0.1) is 24.8 Å². The van der Waals surface area contributed by atoms with Crippen molar-refractivity contribution in [1.82, 2.24) is 15.1 Å². The van der Waals surface area contributed by atoms with Crippen LogP contribution in [-0.4, -0.2) is 55.0 Å². The molecular formula is C18H29Cl2N3O. The molecule has 1 aromatic carbocycles. The van der Waals surface area contributed by atoms with Crippen molar-refractivity contribution in [2.24, 2.45) is 5.92 Å². The highest BCUT2D eigenvalue weighted by Gasteiger charge is 2.23. The minimum Gasteiger partial charge on any atom is -0.339 e. The number of nitrogens with one attached hydrogen (secondary N) is 1. The fourth-order valence-electron chi connectivity index (χ4n) is 3.04. The van der Waals surface area contributed by atoms with E-state index >= 15 is 0 Å². The lowest BCUT2D eigenvalue weighted by Crippen LogP contribution is -2.50. The van der Waals surface area contributed by atoms with E-state index < -0.39 is 0 Å². The van der Waals surface area contributed by atoms with E-state index in [9.17, 15) is 4.79 Å². The van der Waals surface area contributed by atoms with Crippen molar-refractivity contribution < 1.29 is 4.79 Å². The van der Waals surface area contributed by atoms with Crippen molar-refractivity contribution in [3.8, 4) is 0 Å². The zero-order chi connectivity index (χ0) is 15.4. The maximum absolute atomic E-state index is 12.2. The minimum absolute atomic E-state index is 0. The van der Waals surface area contributed by atoms with E-state index in [1.54, 1.807) is 0 Å². The van der Waals surface area contributed by atoms with Crippen molar-refractivity contribution in [2.45, 2.75) is 26.3 Å². The van der Waals surface area contributed by atoms with E-state index in [2.05, 4.69) is 41.4 Å². The van der Waals surface area contributed by atoms with Crippen molar-refractivity contribution >= 4 is 30.7 Å². The number of carbonyl (C=O) groups excluding carboxylic acids is 1. The topological polar surface area (TPSA) is 35.6 Å². The molecule has 1 aliphatic carbocycles. The summed E-state index contributed by atoms with van der Waals surface area (Å²) in [5, 5.41) is 3.30. The molecule has 1 aliphatic heterocycles. The molecule has 0 aromatic heterocycles. The summed E-state index contributed by atoms with van der Waals surface area (Å²) in [4.78, 5) is 16.6. The third-order valence-corrected chi connectivity index (χ3v) is 4.62. The van der Waals surface area contributed by atoms with Gasteiger partial charge in [0.05, 0.1) is 6.54 Å². The summed E-state index contributed by atoms with van der Waals surface area (Å²) in [6, 6.07) is 8.69. The molecule has 0 unspecified atom stereocenters. The lowest BCUT2D eigenvalue weighted by molar-refractivity contribution is -0.132. The van der Waals surface area contributed by atoms with Crippen LogP contribution in [0, 0.1) is 12.8 Å². The number of benzene rings is 1. The van der Waals surface area contributed by atoms with Crippen LogP contribution in [0.5, 0.6) is 0 Å². The standard InChI is InChI=1S/C18H27N3O.2ClH/c1-15-3-2-4-17(11-15)14-20-7-9-21(10-8-20)18(22)13-19-12-16-5-6-16;;/h2-4,11,16,19H,5-10,12-14H2,1H3;2*1H. The lowest BCUT2D eigenvalue weighted by Gasteiger charge is -2.35. The molecule has 1 N–H and O–H groups in total. The van der Waals surface area contributed by atoms with Crippen LogP contribution in [0.15, 0.2) is 24.3 Å². The van der Waals surface area contributed by atoms with Gasteiger partial charge in [-0.25, -0.2) is 0 Å². The first-order chi connectivity index (χ1) is 10.7. The van der Waals surface area contributed by atoms with Crippen molar-refractivity contribution in [3.63, 3.8) is 0 Å². The summed E-state index contributed by atoms with van der Waals surface area (Å²) in [5.41, 5.74) is 2.68. The highest BCUT2D eigenvalue weighted by molar-refractivity contribution is 5.85. The second kappa shape index (κ2) is 10.2. The smallest absolute Gasteiger partial charge is 0.236 e. The Kier molecular flexibility index (Phi) is 9.06. The largest absolute Gasteiger partial charge is 0.339 e. The summed E-state index contributed by atoms with van der Waals surface area (Å²) in [5.74, 6) is 1.09. The van der Waals surface area contributed by atoms with Crippen molar-refractivity contribution in [1.29, 1.82) is 0 Å². The summed E-state index contributed by atoms with van der Waals surface area (Å²) in [7, 11) is 0. The number of nitrogens with zero attached hydrogens (tertiary/aromatic N) is 2. The predicted molar refractivity (Wildman–Crippen MR) is 103 cm³/mol. The number of carbonyl (C=O) groups is 1. The second-order valence-electron chi connectivity index (χ2n) is 6.72. The average molecular weight is 374 g/mol. The molecule has 0 spiro atoms. The number of piperazine rings is 1. The monoisotopic (exact) mass is 373 g/mol. The van der Waals surface area contributed by atoms with E-state index in [1.807, 2.05) is 4.90 Å². The molecule has 1 amide bonds. The number of amides is 1. The van der Waals surface area contributed by atoms with Crippen LogP contribution in [0.1, 0.15) is 24.0 Å². The molecular weight excluding hydrogens is 345 g/mol. The Balaban J connectivity index is 0.00000144. The van der Waals surface area contributed by atoms with Crippen molar-refractivity contribution in [2.75, 3.05) is 39.3 Å². The Morgan fingerprint density at radius 2 is 1.88 bits per heavy atom. The van der Waals surface area contributed by atoms with Gasteiger partial charge in [0.1, 0.15) is 0 Å². The third-order valence-electron chi connectivity index (χ3n) is 4.62. The number of aryl methyl sites for hydroxylation is 1. The van der Waals surface area contributed by atoms with Gasteiger partial charge in [-0.2, -0.15) is 0 Å². The highest BCUT2D eigenvalue weighted by atomic mass is 35.5. The van der Waals surface area contributed by atoms with E-state index in [1.165, 1.54) is 24.0 Å². The van der Waals surface area contributed by atoms with Crippen LogP contribution in [0.3, 0.4) is 0 Å². The number of hydrogen-bond donors (Lipinski definition) is 1. The Morgan fingerprint density at radius 3 is 2.50 bits per heavy atom. The first-order valence-electron chi connectivity index (χ1n) is 8.47. The molecule has 24 heavy (non-hydrogen) atoms. The van der Waals surface area contributed by atoms with Gasteiger partial charge in [0.25, 0.3) is 0 Å². The Labute approximate surface area is 157 Å². The molecule has 0 bridgehead atoms. The Bertz CT molecular complexity index is 515. The van der Waals surface area contributed by atoms with Gasteiger partial charge >= 0.3 is 0 Å². The molecule has 6 heteroatoms. The van der Waals surface area contributed by atoms with E-state index in [0.717, 1.165) is 45.2 Å². The van der Waals surface area contributed by atoms with Crippen molar-refractivity contribution in [3.05, 3.63) is 35.4 Å². The summed E-state index contributed by atoms with van der Waals surface area (Å²) >= 11 is 0. The van der Waals surface area contributed by atoms with Gasteiger partial charge < -0.3 is 10.2 Å². The van der Waals surface area contributed by atoms with Crippen LogP contribution in [0.2, 0.25) is 0 Å². The molecule has 2 aliphatic rings. The first kappa shape index (κ1) is 21.2. The number of halogens is 2. The maximum Gasteiger partial charge on any atom is 0.236 e. The fourth-order valence-corrected chi connectivity index (χ4v) is 3.04. The van der Waals surface area contributed by atoms with Gasteiger partial charge in [-0.1, -0.05) is 29.8 Å². The van der Waals surface area contributed by atoms with Crippen LogP contribution in [0.25, 0.3) is 0 Å². The normalized spacial score (nSPS) is 17.8. The highest BCUT2D eigenvalue weighted by Crippen LogP contribution is 2.27. The third kappa shape index (κ3) is 6.60. The van der Waals surface area contributed by atoms with Gasteiger partial charge in [0.15, 0.2) is 0 Å². The van der Waals surface area contributed by atoms with Gasteiger partial charge in [-0.05, 0) is 37.8 Å². The minimum atomic E-state index is 0. The van der Waals surface area contributed by atoms with Gasteiger partial charge in [-0.3, -0.25) is 9.69 Å². The maximum atomic E-state index is 12.2. The van der Waals surface area contributed by atoms with Crippen LogP contribution < -0.4 is 5.32 Å². The molecule has 1 aromatic rings. The van der Waals surface area contributed by atoms with Crippen LogP contribution in [-0.2, 0) is 11.3 Å². The molecule has 1 heterocycles. The molecule has 4 nitrogen and oxygen atoms in total. The first-order valence-corrected chi connectivity index (χ1v) is 8.47. The van der Waals surface area contributed by atoms with Gasteiger partial charge in [0, 0.05) is 32.7 Å². The summed E-state index contributed by atoms with van der Waals surface area (Å²) in [6.45, 7) is 8.31. The molecule has 1 saturated carbocycles. The second-order valence-corrected chi connectivity index (χ2v) is 6.72. The Hall–Kier alpha value is -0.810. The zero-order valence-electron chi connectivity index (χ0n) is 14.4. The molecule has 0 atom stereocenters. The van der Waals surface area contributed by atoms with Crippen LogP contribution in [0.4, 0.5) is 0 Å². The number of hydrogen-bond acceptors (Lipinski definition) is 3. The summed E-state index contributed by atoms with van der Waals surface area (Å²) in [6.07, 6.45) is 2.66. The van der Waals surface area contributed by atoms with E-state index in [-0.39, 0.29) is 30.7 Å². The quantitative estimate of drug-likeness (QED) is 0.831.